The number of carbonyl (C=O) groups is 2. The predicted octanol–water partition coefficient (Wildman–Crippen LogP) is 2.25. The van der Waals surface area contributed by atoms with E-state index in [9.17, 15) is 14.7 Å². The SMILES string of the molecule is CCC(=O)C(CN1CCC(C(=O)O)CC1)c1cccc(O)c1. The Morgan fingerprint density at radius 1 is 1.32 bits per heavy atom. The molecule has 1 fully saturated rings. The summed E-state index contributed by atoms with van der Waals surface area (Å²) in [5, 5.41) is 18.7. The molecule has 1 aromatic rings. The molecule has 0 aliphatic carbocycles. The maximum absolute atomic E-state index is 12.3. The van der Waals surface area contributed by atoms with Gasteiger partial charge in [0.25, 0.3) is 0 Å². The molecule has 1 unspecified atom stereocenters. The zero-order valence-corrected chi connectivity index (χ0v) is 12.9. The van der Waals surface area contributed by atoms with Crippen molar-refractivity contribution in [1.82, 2.24) is 4.90 Å². The molecule has 120 valence electrons. The molecular formula is C17H23NO4. The number of benzene rings is 1. The predicted molar refractivity (Wildman–Crippen MR) is 82.9 cm³/mol. The van der Waals surface area contributed by atoms with Gasteiger partial charge in [0.15, 0.2) is 0 Å². The van der Waals surface area contributed by atoms with E-state index in [2.05, 4.69) is 4.90 Å². The molecule has 0 aromatic heterocycles. The average molecular weight is 305 g/mol. The minimum atomic E-state index is -0.728. The van der Waals surface area contributed by atoms with Crippen LogP contribution in [0.25, 0.3) is 0 Å². The van der Waals surface area contributed by atoms with E-state index in [1.54, 1.807) is 18.2 Å². The van der Waals surface area contributed by atoms with Crippen molar-refractivity contribution in [2.24, 2.45) is 5.92 Å². The van der Waals surface area contributed by atoms with Crippen LogP contribution in [0.2, 0.25) is 0 Å². The molecule has 2 rings (SSSR count). The number of phenolic OH excluding ortho intramolecular Hbond substituents is 1. The van der Waals surface area contributed by atoms with Gasteiger partial charge in [0.05, 0.1) is 11.8 Å². The molecule has 5 heteroatoms. The number of phenols is 1. The Bertz CT molecular complexity index is 535. The van der Waals surface area contributed by atoms with Crippen molar-refractivity contribution >= 4 is 11.8 Å². The van der Waals surface area contributed by atoms with Crippen LogP contribution in [0.15, 0.2) is 24.3 Å². The number of carbonyl (C=O) groups excluding carboxylic acids is 1. The van der Waals surface area contributed by atoms with Crippen molar-refractivity contribution in [1.29, 1.82) is 0 Å². The smallest absolute Gasteiger partial charge is 0.306 e. The molecule has 1 aliphatic heterocycles. The van der Waals surface area contributed by atoms with Crippen molar-refractivity contribution in [3.8, 4) is 5.75 Å². The summed E-state index contributed by atoms with van der Waals surface area (Å²) in [6.07, 6.45) is 1.71. The van der Waals surface area contributed by atoms with E-state index >= 15 is 0 Å². The molecule has 22 heavy (non-hydrogen) atoms. The Kier molecular flexibility index (Phi) is 5.55. The van der Waals surface area contributed by atoms with Crippen LogP contribution in [-0.4, -0.2) is 46.5 Å². The summed E-state index contributed by atoms with van der Waals surface area (Å²) in [6.45, 7) is 3.82. The number of hydrogen-bond acceptors (Lipinski definition) is 4. The number of ketones is 1. The van der Waals surface area contributed by atoms with Crippen LogP contribution < -0.4 is 0 Å². The van der Waals surface area contributed by atoms with E-state index in [1.165, 1.54) is 0 Å². The molecule has 2 N–H and O–H groups in total. The van der Waals surface area contributed by atoms with Gasteiger partial charge in [-0.05, 0) is 43.6 Å². The van der Waals surface area contributed by atoms with E-state index in [1.807, 2.05) is 13.0 Å². The minimum absolute atomic E-state index is 0.144. The summed E-state index contributed by atoms with van der Waals surface area (Å²) < 4.78 is 0. The van der Waals surface area contributed by atoms with Gasteiger partial charge in [-0.1, -0.05) is 19.1 Å². The lowest BCUT2D eigenvalue weighted by atomic mass is 9.90. The van der Waals surface area contributed by atoms with Gasteiger partial charge in [-0.25, -0.2) is 0 Å². The molecule has 0 spiro atoms. The lowest BCUT2D eigenvalue weighted by molar-refractivity contribution is -0.143. The number of carboxylic acids is 1. The summed E-state index contributed by atoms with van der Waals surface area (Å²) >= 11 is 0. The summed E-state index contributed by atoms with van der Waals surface area (Å²) in [4.78, 5) is 25.4. The number of hydrogen-bond donors (Lipinski definition) is 2. The lowest BCUT2D eigenvalue weighted by Gasteiger charge is -2.32. The van der Waals surface area contributed by atoms with Crippen LogP contribution in [0.4, 0.5) is 0 Å². The third-order valence-corrected chi connectivity index (χ3v) is 4.39. The number of piperidine rings is 1. The highest BCUT2D eigenvalue weighted by Crippen LogP contribution is 2.26. The fourth-order valence-electron chi connectivity index (χ4n) is 3.00. The van der Waals surface area contributed by atoms with Crippen LogP contribution in [0, 0.1) is 5.92 Å². The van der Waals surface area contributed by atoms with E-state index < -0.39 is 5.97 Å². The van der Waals surface area contributed by atoms with Gasteiger partial charge < -0.3 is 15.1 Å². The van der Waals surface area contributed by atoms with Crippen LogP contribution in [0.3, 0.4) is 0 Å². The Balaban J connectivity index is 2.05. The zero-order chi connectivity index (χ0) is 16.1. The molecule has 1 atom stereocenters. The number of rotatable bonds is 6. The van der Waals surface area contributed by atoms with Crippen LogP contribution in [0.1, 0.15) is 37.7 Å². The highest BCUT2D eigenvalue weighted by atomic mass is 16.4. The molecule has 1 aromatic carbocycles. The molecule has 5 nitrogen and oxygen atoms in total. The highest BCUT2D eigenvalue weighted by Gasteiger charge is 2.28. The van der Waals surface area contributed by atoms with Crippen LogP contribution >= 0.6 is 0 Å². The third kappa shape index (κ3) is 4.07. The first-order valence-corrected chi connectivity index (χ1v) is 7.78. The number of likely N-dealkylation sites (tertiary alicyclic amines) is 1. The number of aromatic hydroxyl groups is 1. The summed E-state index contributed by atoms with van der Waals surface area (Å²) in [7, 11) is 0. The van der Waals surface area contributed by atoms with Gasteiger partial charge in [0.1, 0.15) is 11.5 Å². The molecule has 1 saturated heterocycles. The van der Waals surface area contributed by atoms with Crippen molar-refractivity contribution in [3.63, 3.8) is 0 Å². The Morgan fingerprint density at radius 3 is 2.55 bits per heavy atom. The minimum Gasteiger partial charge on any atom is -0.508 e. The number of carboxylic acid groups (broad SMARTS) is 1. The van der Waals surface area contributed by atoms with Crippen LogP contribution in [-0.2, 0) is 9.59 Å². The van der Waals surface area contributed by atoms with E-state index in [4.69, 9.17) is 5.11 Å². The Hall–Kier alpha value is -1.88. The van der Waals surface area contributed by atoms with Gasteiger partial charge in [0, 0.05) is 13.0 Å². The molecule has 0 amide bonds. The lowest BCUT2D eigenvalue weighted by Crippen LogP contribution is -2.39. The van der Waals surface area contributed by atoms with E-state index in [0.717, 1.165) is 5.56 Å². The standard InChI is InChI=1S/C17H23NO4/c1-2-16(20)15(13-4-3-5-14(19)10-13)11-18-8-6-12(7-9-18)17(21)22/h3-5,10,12,15,19H,2,6-9,11H2,1H3,(H,21,22). The Labute approximate surface area is 130 Å². The second-order valence-electron chi connectivity index (χ2n) is 5.88. The fourth-order valence-corrected chi connectivity index (χ4v) is 3.00. The second kappa shape index (κ2) is 7.40. The van der Waals surface area contributed by atoms with E-state index in [-0.39, 0.29) is 23.4 Å². The quantitative estimate of drug-likeness (QED) is 0.843. The van der Waals surface area contributed by atoms with Crippen molar-refractivity contribution in [2.75, 3.05) is 19.6 Å². The van der Waals surface area contributed by atoms with Crippen molar-refractivity contribution in [2.45, 2.75) is 32.1 Å². The first-order chi connectivity index (χ1) is 10.5. The molecule has 0 saturated carbocycles. The van der Waals surface area contributed by atoms with Gasteiger partial charge in [-0.2, -0.15) is 0 Å². The maximum atomic E-state index is 12.3. The molecular weight excluding hydrogens is 282 g/mol. The third-order valence-electron chi connectivity index (χ3n) is 4.39. The topological polar surface area (TPSA) is 77.8 Å². The molecule has 0 radical (unpaired) electrons. The monoisotopic (exact) mass is 305 g/mol. The summed E-state index contributed by atoms with van der Waals surface area (Å²) in [5.74, 6) is -0.952. The Morgan fingerprint density at radius 2 is 2.00 bits per heavy atom. The van der Waals surface area contributed by atoms with Crippen molar-refractivity contribution in [3.05, 3.63) is 29.8 Å². The summed E-state index contributed by atoms with van der Waals surface area (Å²) in [6, 6.07) is 6.84. The van der Waals surface area contributed by atoms with Gasteiger partial charge in [-0.15, -0.1) is 0 Å². The largest absolute Gasteiger partial charge is 0.508 e. The maximum Gasteiger partial charge on any atom is 0.306 e. The zero-order valence-electron chi connectivity index (χ0n) is 12.9. The highest BCUT2D eigenvalue weighted by molar-refractivity contribution is 5.85. The summed E-state index contributed by atoms with van der Waals surface area (Å²) in [5.41, 5.74) is 0.826. The fraction of sp³-hybridized carbons (Fsp3) is 0.529. The van der Waals surface area contributed by atoms with Crippen LogP contribution in [0.5, 0.6) is 5.75 Å². The molecule has 1 aliphatic rings. The normalized spacial score (nSPS) is 18.0. The van der Waals surface area contributed by atoms with Crippen molar-refractivity contribution < 1.29 is 19.8 Å². The number of nitrogens with zero attached hydrogens (tertiary/aromatic N) is 1. The van der Waals surface area contributed by atoms with Gasteiger partial charge in [0.2, 0.25) is 0 Å². The van der Waals surface area contributed by atoms with Gasteiger partial charge >= 0.3 is 5.97 Å². The first kappa shape index (κ1) is 16.5. The molecule has 0 bridgehead atoms. The first-order valence-electron chi connectivity index (χ1n) is 7.78. The van der Waals surface area contributed by atoms with E-state index in [0.29, 0.717) is 38.9 Å². The number of aliphatic carboxylic acids is 1. The average Bonchev–Trinajstić information content (AvgIpc) is 2.52. The second-order valence-corrected chi connectivity index (χ2v) is 5.88. The van der Waals surface area contributed by atoms with Gasteiger partial charge in [-0.3, -0.25) is 9.59 Å². The number of Topliss-reactive ketones (excluding diaryl/α,β-unsaturated/α-hetero) is 1. The molecule has 1 heterocycles.